The number of carbonyl (C=O) groups excluding carboxylic acids is 4. The van der Waals surface area contributed by atoms with Gasteiger partial charge in [0.1, 0.15) is 17.1 Å². The van der Waals surface area contributed by atoms with E-state index in [9.17, 15) is 39.4 Å². The minimum Gasteiger partial charge on any atom is -0.465 e. The molecule has 0 saturated heterocycles. The molecule has 5 heterocycles. The maximum atomic E-state index is 11.5. The first-order chi connectivity index (χ1) is 45.4. The van der Waals surface area contributed by atoms with Crippen LogP contribution >= 0.6 is 11.6 Å². The van der Waals surface area contributed by atoms with Gasteiger partial charge in [-0.3, -0.25) is 20.2 Å². The number of ether oxygens (including phenoxy) is 4. The first kappa shape index (κ1) is 74.3. The number of benzene rings is 4. The molecule has 4 aromatic heterocycles. The molecule has 0 amide bonds. The zero-order valence-electron chi connectivity index (χ0n) is 54.6. The number of nitrogen functional groups attached to an aromatic ring is 1. The fraction of sp³-hybridized carbons (Fsp3) is 0.273. The second-order valence-corrected chi connectivity index (χ2v) is 21.0. The highest BCUT2D eigenvalue weighted by Gasteiger charge is 2.24. The van der Waals surface area contributed by atoms with Crippen LogP contribution in [0.3, 0.4) is 0 Å². The van der Waals surface area contributed by atoms with Crippen LogP contribution < -0.4 is 53.6 Å². The van der Waals surface area contributed by atoms with E-state index < -0.39 is 15.8 Å². The standard InChI is InChI=1S/C18H22N4O2.C16H18N4O4.C16H20N4O2.C10H13NO2.C6H6ClN3O2/c1-12(13-4-6-14(7-5-13)18(23)24-3)21-17-16-15(8-9-20-17)22(2)11-10-19-16;1-10(11-4-6-12(7-5-11)16(21)24-3)19-15-14(20(22)23)13(17-2)8-9-18-15;1-10(11-4-6-12(7-5-11)16(21)22-3)20-15-14(17)13(18-2)8-9-19-15;1-7(11)8-3-5-9(6-4-8)10(12)13-2;1-8-4-2-3-9-6(7)5(4)10(11)12/h4-9,12,19H,10-11H2,1-3H3,(H,20,21);4-10H,1-3H3,(H2,17,18,19);4-10H,17H2,1-3H3,(H2,18,19,20);3-7H,11H2,1-2H3;2-3H,1H3,(H,8,9)/t12-;2*10-;7-;/m0000./s1. The number of pyridine rings is 4. The van der Waals surface area contributed by atoms with E-state index in [1.165, 1.54) is 46.9 Å². The average Bonchev–Trinajstić information content (AvgIpc) is 0.833. The van der Waals surface area contributed by atoms with Crippen molar-refractivity contribution in [3.63, 3.8) is 0 Å². The SMILES string of the molecule is CNc1ccnc(Cl)c1[N+](=O)[O-].CNc1ccnc(N[C@@H](C)c2ccc(C(=O)OC)cc2)c1N.CNc1ccnc(N[C@@H](C)c2ccc(C(=O)OC)cc2)c1[N+](=O)[O-].COC(=O)c1ccc([C@H](C)N)cc1.COC(=O)c1ccc([C@H](C)Nc2nccc3c2NCCN3C)cc1. The van der Waals surface area contributed by atoms with Crippen molar-refractivity contribution in [2.75, 3.05) is 118 Å². The van der Waals surface area contributed by atoms with Crippen molar-refractivity contribution in [2.24, 2.45) is 5.73 Å². The highest BCUT2D eigenvalue weighted by Crippen LogP contribution is 2.36. The van der Waals surface area contributed by atoms with Crippen molar-refractivity contribution in [3.8, 4) is 0 Å². The third kappa shape index (κ3) is 20.8. The minimum absolute atomic E-state index is 0.00592. The number of hydrogen-bond donors (Lipinski definition) is 9. The van der Waals surface area contributed by atoms with Crippen molar-refractivity contribution < 1.29 is 48.0 Å². The number of esters is 4. The lowest BCUT2D eigenvalue weighted by atomic mass is 10.1. The Morgan fingerprint density at radius 3 is 1.23 bits per heavy atom. The molecule has 1 aliphatic heterocycles. The Bertz CT molecular complexity index is 3870. The number of carbonyl (C=O) groups is 4. The Morgan fingerprint density at radius 2 is 0.853 bits per heavy atom. The summed E-state index contributed by atoms with van der Waals surface area (Å²) in [6.07, 6.45) is 6.41. The van der Waals surface area contributed by atoms with Crippen LogP contribution in [0, 0.1) is 20.2 Å². The predicted molar refractivity (Wildman–Crippen MR) is 370 cm³/mol. The summed E-state index contributed by atoms with van der Waals surface area (Å²) in [5.74, 6) is 0.224. The van der Waals surface area contributed by atoms with Gasteiger partial charge in [0.25, 0.3) is 0 Å². The lowest BCUT2D eigenvalue weighted by Crippen LogP contribution is -2.31. The molecule has 9 rings (SSSR count). The summed E-state index contributed by atoms with van der Waals surface area (Å²) in [6, 6.07) is 35.2. The quantitative estimate of drug-likeness (QED) is 0.0119. The highest BCUT2D eigenvalue weighted by atomic mass is 35.5. The Kier molecular flexibility index (Phi) is 28.6. The second-order valence-electron chi connectivity index (χ2n) is 20.7. The number of nitrogens with one attached hydrogen (secondary N) is 7. The molecule has 28 nitrogen and oxygen atoms in total. The smallest absolute Gasteiger partial charge is 0.337 e. The van der Waals surface area contributed by atoms with E-state index in [1.807, 2.05) is 82.5 Å². The zero-order chi connectivity index (χ0) is 69.9. The van der Waals surface area contributed by atoms with Gasteiger partial charge < -0.3 is 72.5 Å². The Labute approximate surface area is 555 Å². The van der Waals surface area contributed by atoms with Crippen LogP contribution in [0.2, 0.25) is 5.15 Å². The van der Waals surface area contributed by atoms with Gasteiger partial charge in [0.2, 0.25) is 11.0 Å². The average molecular weight is 1320 g/mol. The lowest BCUT2D eigenvalue weighted by molar-refractivity contribution is -0.384. The van der Waals surface area contributed by atoms with E-state index >= 15 is 0 Å². The first-order valence-corrected chi connectivity index (χ1v) is 29.8. The van der Waals surface area contributed by atoms with Crippen molar-refractivity contribution in [1.29, 1.82) is 0 Å². The van der Waals surface area contributed by atoms with Gasteiger partial charge in [-0.1, -0.05) is 60.1 Å². The number of methoxy groups -OCH3 is 4. The molecule has 11 N–H and O–H groups in total. The second kappa shape index (κ2) is 36.6. The van der Waals surface area contributed by atoms with Crippen molar-refractivity contribution in [2.45, 2.75) is 51.9 Å². The third-order valence-electron chi connectivity index (χ3n) is 14.5. The number of nitrogens with two attached hydrogens (primary N) is 2. The minimum atomic E-state index is -0.568. The number of fused-ring (bicyclic) bond motifs is 1. The number of hydrogen-bond acceptors (Lipinski definition) is 26. The summed E-state index contributed by atoms with van der Waals surface area (Å²) in [6.45, 7) is 9.69. The molecule has 0 saturated carbocycles. The number of nitro groups is 2. The van der Waals surface area contributed by atoms with Gasteiger partial charge in [0.15, 0.2) is 11.6 Å². The summed E-state index contributed by atoms with van der Waals surface area (Å²) in [7, 11) is 12.5. The normalized spacial score (nSPS) is 12.1. The largest absolute Gasteiger partial charge is 0.465 e. The number of likely N-dealkylation sites (N-methyl/N-ethyl adjacent to an activating group) is 1. The molecule has 0 aliphatic carbocycles. The van der Waals surface area contributed by atoms with Crippen LogP contribution in [0.4, 0.5) is 63.0 Å². The van der Waals surface area contributed by atoms with E-state index in [4.69, 9.17) is 27.8 Å². The van der Waals surface area contributed by atoms with Gasteiger partial charge in [-0.25, -0.2) is 39.1 Å². The molecule has 4 atom stereocenters. The topological polar surface area (TPSA) is 383 Å². The summed E-state index contributed by atoms with van der Waals surface area (Å²) in [5.41, 5.74) is 21.7. The van der Waals surface area contributed by atoms with Crippen molar-refractivity contribution in [3.05, 3.63) is 216 Å². The zero-order valence-corrected chi connectivity index (χ0v) is 55.4. The van der Waals surface area contributed by atoms with E-state index in [2.05, 4.69) is 90.2 Å². The van der Waals surface area contributed by atoms with Crippen LogP contribution in [0.15, 0.2) is 146 Å². The molecule has 1 aliphatic rings. The van der Waals surface area contributed by atoms with Crippen LogP contribution in [-0.4, -0.2) is 123 Å². The molecule has 0 spiro atoms. The van der Waals surface area contributed by atoms with E-state index in [1.54, 1.807) is 87.0 Å². The van der Waals surface area contributed by atoms with Gasteiger partial charge in [-0.05, 0) is 123 Å². The van der Waals surface area contributed by atoms with Crippen LogP contribution in [0.5, 0.6) is 0 Å². The monoisotopic (exact) mass is 1320 g/mol. The molecular weight excluding hydrogens is 1240 g/mol. The third-order valence-corrected chi connectivity index (χ3v) is 14.7. The van der Waals surface area contributed by atoms with Gasteiger partial charge in [0, 0.05) is 72.1 Å². The molecule has 502 valence electrons. The van der Waals surface area contributed by atoms with E-state index in [0.29, 0.717) is 45.1 Å². The summed E-state index contributed by atoms with van der Waals surface area (Å²) < 4.78 is 18.6. The van der Waals surface area contributed by atoms with Crippen LogP contribution in [-0.2, 0) is 18.9 Å². The number of halogens is 1. The number of aromatic nitrogens is 4. The maximum Gasteiger partial charge on any atom is 0.337 e. The number of anilines is 9. The van der Waals surface area contributed by atoms with E-state index in [-0.39, 0.29) is 64.4 Å². The number of rotatable bonds is 19. The molecule has 8 aromatic rings. The Morgan fingerprint density at radius 1 is 0.516 bits per heavy atom. The molecule has 4 aromatic carbocycles. The Balaban J connectivity index is 0.000000221. The summed E-state index contributed by atoms with van der Waals surface area (Å²) in [5, 5.41) is 43.3. The summed E-state index contributed by atoms with van der Waals surface area (Å²) in [4.78, 5) is 84.7. The van der Waals surface area contributed by atoms with Gasteiger partial charge in [0.05, 0.1) is 95.7 Å². The number of nitrogens with zero attached hydrogens (tertiary/aromatic N) is 7. The molecule has 0 fully saturated rings. The molecule has 95 heavy (non-hydrogen) atoms. The molecule has 29 heteroatoms. The van der Waals surface area contributed by atoms with Gasteiger partial charge in [-0.15, -0.1) is 0 Å². The summed E-state index contributed by atoms with van der Waals surface area (Å²) >= 11 is 5.51. The fourth-order valence-electron chi connectivity index (χ4n) is 9.06. The van der Waals surface area contributed by atoms with E-state index in [0.717, 1.165) is 58.2 Å². The fourth-order valence-corrected chi connectivity index (χ4v) is 9.29. The van der Waals surface area contributed by atoms with Crippen LogP contribution in [0.1, 0.15) is 116 Å². The highest BCUT2D eigenvalue weighted by molar-refractivity contribution is 6.32. The van der Waals surface area contributed by atoms with Crippen molar-refractivity contribution >= 4 is 98.4 Å². The van der Waals surface area contributed by atoms with Crippen molar-refractivity contribution in [1.82, 2.24) is 19.9 Å². The molecule has 0 bridgehead atoms. The predicted octanol–water partition coefficient (Wildman–Crippen LogP) is 11.7. The lowest BCUT2D eigenvalue weighted by Gasteiger charge is -2.30. The molecule has 0 unspecified atom stereocenters. The maximum absolute atomic E-state index is 11.5. The first-order valence-electron chi connectivity index (χ1n) is 29.4. The molecular formula is C66H79ClN16O12. The molecule has 0 radical (unpaired) electrons. The Hall–Kier alpha value is -11.4. The van der Waals surface area contributed by atoms with Gasteiger partial charge in [-0.2, -0.15) is 0 Å². The van der Waals surface area contributed by atoms with Crippen LogP contribution in [0.25, 0.3) is 0 Å². The van der Waals surface area contributed by atoms with Gasteiger partial charge >= 0.3 is 35.3 Å².